The number of rotatable bonds is 5. The van der Waals surface area contributed by atoms with Gasteiger partial charge in [-0.25, -0.2) is 24.7 Å². The number of fused-ring (bicyclic) bond motifs is 1. The van der Waals surface area contributed by atoms with Crippen molar-refractivity contribution in [2.75, 3.05) is 0 Å². The average Bonchev–Trinajstić information content (AvgIpc) is 3.05. The van der Waals surface area contributed by atoms with Crippen LogP contribution in [-0.2, 0) is 11.3 Å². The van der Waals surface area contributed by atoms with Gasteiger partial charge in [0.1, 0.15) is 29.7 Å². The highest BCUT2D eigenvalue weighted by Gasteiger charge is 2.34. The summed E-state index contributed by atoms with van der Waals surface area (Å²) in [6.45, 7) is 10.1. The molecule has 1 N–H and O–H groups in total. The van der Waals surface area contributed by atoms with Crippen molar-refractivity contribution >= 4 is 17.3 Å². The fourth-order valence-corrected chi connectivity index (χ4v) is 3.44. The third-order valence-electron chi connectivity index (χ3n) is 4.95. The maximum Gasteiger partial charge on any atom is 0.407 e. The number of nitrogens with zero attached hydrogens (tertiary/aromatic N) is 6. The minimum absolute atomic E-state index is 0.0191. The van der Waals surface area contributed by atoms with Crippen LogP contribution in [0.25, 0.3) is 22.6 Å². The monoisotopic (exact) mass is 425 g/mol. The van der Waals surface area contributed by atoms with Crippen molar-refractivity contribution < 1.29 is 14.3 Å². The molecular weight excluding hydrogens is 398 g/mol. The summed E-state index contributed by atoms with van der Waals surface area (Å²) in [5.74, 6) is 1.86. The van der Waals surface area contributed by atoms with Crippen LogP contribution < -0.4 is 10.1 Å². The molecule has 3 heterocycles. The van der Waals surface area contributed by atoms with Gasteiger partial charge < -0.3 is 19.4 Å². The Morgan fingerprint density at radius 3 is 2.55 bits per heavy atom. The molecule has 0 saturated heterocycles. The number of aromatic nitrogens is 6. The molecule has 0 aliphatic heterocycles. The molecule has 1 aliphatic rings. The van der Waals surface area contributed by atoms with Gasteiger partial charge in [-0.1, -0.05) is 0 Å². The number of amides is 1. The van der Waals surface area contributed by atoms with Crippen molar-refractivity contribution in [3.8, 4) is 17.3 Å². The molecule has 1 aliphatic carbocycles. The molecule has 1 amide bonds. The van der Waals surface area contributed by atoms with E-state index < -0.39 is 11.7 Å². The fourth-order valence-electron chi connectivity index (χ4n) is 3.44. The van der Waals surface area contributed by atoms with Crippen LogP contribution in [0.2, 0.25) is 0 Å². The molecule has 0 bridgehead atoms. The van der Waals surface area contributed by atoms with Crippen molar-refractivity contribution in [2.24, 2.45) is 0 Å². The summed E-state index contributed by atoms with van der Waals surface area (Å²) >= 11 is 0. The number of hydrogen-bond donors (Lipinski definition) is 1. The second kappa shape index (κ2) is 8.09. The van der Waals surface area contributed by atoms with E-state index in [0.717, 1.165) is 11.4 Å². The van der Waals surface area contributed by atoms with Gasteiger partial charge in [0, 0.05) is 37.8 Å². The second-order valence-corrected chi connectivity index (χ2v) is 8.60. The lowest BCUT2D eigenvalue weighted by Crippen LogP contribution is -2.50. The van der Waals surface area contributed by atoms with Crippen LogP contribution in [-0.4, -0.2) is 53.3 Å². The lowest BCUT2D eigenvalue weighted by molar-refractivity contribution is 0.0357. The summed E-state index contributed by atoms with van der Waals surface area (Å²) in [4.78, 5) is 33.9. The Morgan fingerprint density at radius 2 is 1.90 bits per heavy atom. The van der Waals surface area contributed by atoms with Crippen molar-refractivity contribution in [1.82, 2.24) is 34.8 Å². The quantitative estimate of drug-likeness (QED) is 0.663. The zero-order valence-corrected chi connectivity index (χ0v) is 18.4. The van der Waals surface area contributed by atoms with Crippen LogP contribution in [0.15, 0.2) is 18.7 Å². The molecular formula is C21H27N7O3. The zero-order chi connectivity index (χ0) is 22.2. The van der Waals surface area contributed by atoms with Crippen LogP contribution in [0.1, 0.15) is 46.4 Å². The van der Waals surface area contributed by atoms with Crippen molar-refractivity contribution in [1.29, 1.82) is 0 Å². The van der Waals surface area contributed by atoms with E-state index in [1.54, 1.807) is 12.4 Å². The van der Waals surface area contributed by atoms with E-state index in [1.165, 1.54) is 6.33 Å². The molecule has 1 saturated carbocycles. The van der Waals surface area contributed by atoms with Crippen LogP contribution in [0, 0.1) is 6.92 Å². The summed E-state index contributed by atoms with van der Waals surface area (Å²) in [5, 5.41) is 2.87. The third-order valence-corrected chi connectivity index (χ3v) is 4.95. The summed E-state index contributed by atoms with van der Waals surface area (Å²) in [6, 6.07) is 0.0191. The van der Waals surface area contributed by atoms with Gasteiger partial charge in [0.25, 0.3) is 0 Å². The normalized spacial score (nSPS) is 18.5. The minimum Gasteiger partial charge on any atom is -0.473 e. The zero-order valence-electron chi connectivity index (χ0n) is 18.4. The van der Waals surface area contributed by atoms with Crippen LogP contribution in [0.5, 0.6) is 5.88 Å². The van der Waals surface area contributed by atoms with Gasteiger partial charge >= 0.3 is 6.09 Å². The van der Waals surface area contributed by atoms with Gasteiger partial charge in [-0.05, 0) is 34.6 Å². The van der Waals surface area contributed by atoms with Crippen LogP contribution in [0.3, 0.4) is 0 Å². The predicted molar refractivity (Wildman–Crippen MR) is 114 cm³/mol. The summed E-state index contributed by atoms with van der Waals surface area (Å²) < 4.78 is 13.4. The second-order valence-electron chi connectivity index (χ2n) is 8.60. The van der Waals surface area contributed by atoms with E-state index >= 15 is 0 Å². The van der Waals surface area contributed by atoms with Gasteiger partial charge in [0.2, 0.25) is 5.88 Å². The lowest BCUT2D eigenvalue weighted by Gasteiger charge is -2.35. The average molecular weight is 425 g/mol. The van der Waals surface area contributed by atoms with Crippen molar-refractivity contribution in [3.05, 3.63) is 24.5 Å². The number of aryl methyl sites for hydroxylation is 2. The van der Waals surface area contributed by atoms with E-state index in [0.29, 0.717) is 42.3 Å². The van der Waals surface area contributed by atoms with Gasteiger partial charge in [0.15, 0.2) is 11.2 Å². The number of ether oxygens (including phenoxy) is 2. The Kier molecular flexibility index (Phi) is 5.47. The first-order chi connectivity index (χ1) is 14.7. The number of hydrogen-bond acceptors (Lipinski definition) is 8. The molecule has 3 aromatic heterocycles. The van der Waals surface area contributed by atoms with Crippen molar-refractivity contribution in [3.63, 3.8) is 0 Å². The molecule has 0 radical (unpaired) electrons. The minimum atomic E-state index is -0.519. The highest BCUT2D eigenvalue weighted by atomic mass is 16.6. The first-order valence-corrected chi connectivity index (χ1v) is 10.4. The van der Waals surface area contributed by atoms with E-state index in [2.05, 4.69) is 25.3 Å². The molecule has 10 nitrogen and oxygen atoms in total. The first kappa shape index (κ1) is 21.0. The SMILES string of the molecule is CCn1c(-c2cnc(C)nc2)nc2c(O[C@H]3C[C@@H](NC(=O)OC(C)(C)C)C3)ncnc21. The van der Waals surface area contributed by atoms with Crippen molar-refractivity contribution in [2.45, 2.75) is 71.8 Å². The Hall–Kier alpha value is -3.30. The predicted octanol–water partition coefficient (Wildman–Crippen LogP) is 3.05. The Balaban J connectivity index is 1.48. The smallest absolute Gasteiger partial charge is 0.407 e. The van der Waals surface area contributed by atoms with Gasteiger partial charge in [-0.15, -0.1) is 0 Å². The van der Waals surface area contributed by atoms with E-state index in [9.17, 15) is 4.79 Å². The Labute approximate surface area is 180 Å². The molecule has 164 valence electrons. The van der Waals surface area contributed by atoms with E-state index in [4.69, 9.17) is 14.5 Å². The molecule has 4 rings (SSSR count). The van der Waals surface area contributed by atoms with Gasteiger partial charge in [-0.2, -0.15) is 4.98 Å². The topological polar surface area (TPSA) is 117 Å². The Morgan fingerprint density at radius 1 is 1.19 bits per heavy atom. The maximum absolute atomic E-state index is 11.9. The number of carbonyl (C=O) groups excluding carboxylic acids is 1. The standard InChI is InChI=1S/C21H27N7O3/c1-6-28-17(13-9-22-12(2)23-10-13)27-16-18(28)24-11-25-19(16)30-15-7-14(8-15)26-20(29)31-21(3,4)5/h9-11,14-15H,6-8H2,1-5H3,(H,26,29)/t14-,15+. The molecule has 3 aromatic rings. The highest BCUT2D eigenvalue weighted by molar-refractivity contribution is 5.81. The van der Waals surface area contributed by atoms with Gasteiger partial charge in [0.05, 0.1) is 5.56 Å². The molecule has 31 heavy (non-hydrogen) atoms. The highest BCUT2D eigenvalue weighted by Crippen LogP contribution is 2.31. The fraction of sp³-hybridized carbons (Fsp3) is 0.524. The summed E-state index contributed by atoms with van der Waals surface area (Å²) in [6.07, 6.45) is 5.87. The maximum atomic E-state index is 11.9. The summed E-state index contributed by atoms with van der Waals surface area (Å²) in [5.41, 5.74) is 1.59. The van der Waals surface area contributed by atoms with Crippen LogP contribution >= 0.6 is 0 Å². The Bertz CT molecular complexity index is 1080. The first-order valence-electron chi connectivity index (χ1n) is 10.4. The molecule has 10 heteroatoms. The molecule has 0 atom stereocenters. The third kappa shape index (κ3) is 4.57. The summed E-state index contributed by atoms with van der Waals surface area (Å²) in [7, 11) is 0. The number of imidazole rings is 1. The van der Waals surface area contributed by atoms with E-state index in [1.807, 2.05) is 39.2 Å². The molecule has 0 unspecified atom stereocenters. The molecule has 0 aromatic carbocycles. The lowest BCUT2D eigenvalue weighted by atomic mass is 9.89. The largest absolute Gasteiger partial charge is 0.473 e. The van der Waals surface area contributed by atoms with Gasteiger partial charge in [-0.3, -0.25) is 0 Å². The number of carbonyl (C=O) groups is 1. The van der Waals surface area contributed by atoms with E-state index in [-0.39, 0.29) is 12.1 Å². The number of nitrogens with one attached hydrogen (secondary N) is 1. The molecule has 0 spiro atoms. The number of alkyl carbamates (subject to hydrolysis) is 1. The van der Waals surface area contributed by atoms with Crippen LogP contribution in [0.4, 0.5) is 4.79 Å². The molecule has 1 fully saturated rings.